The lowest BCUT2D eigenvalue weighted by Crippen LogP contribution is -2.55. The van der Waals surface area contributed by atoms with E-state index >= 15 is 0 Å². The summed E-state index contributed by atoms with van der Waals surface area (Å²) in [6.45, 7) is 2.26. The fourth-order valence-electron chi connectivity index (χ4n) is 2.43. The van der Waals surface area contributed by atoms with Gasteiger partial charge in [0.05, 0.1) is 18.5 Å². The molecule has 2 rings (SSSR count). The summed E-state index contributed by atoms with van der Waals surface area (Å²) in [5.41, 5.74) is -2.30. The van der Waals surface area contributed by atoms with Crippen molar-refractivity contribution >= 4 is 11.7 Å². The van der Waals surface area contributed by atoms with E-state index < -0.39 is 30.7 Å². The quantitative estimate of drug-likeness (QED) is 0.790. The van der Waals surface area contributed by atoms with Crippen LogP contribution in [0, 0.1) is 0 Å². The molecule has 1 saturated heterocycles. The smallest absolute Gasteiger partial charge is 0.417 e. The zero-order chi connectivity index (χ0) is 18.5. The lowest BCUT2D eigenvalue weighted by atomic mass is 9.91. The van der Waals surface area contributed by atoms with Crippen LogP contribution in [0.5, 0.6) is 5.88 Å². The van der Waals surface area contributed by atoms with Crippen molar-refractivity contribution in [1.82, 2.24) is 9.88 Å². The van der Waals surface area contributed by atoms with Gasteiger partial charge in [0, 0.05) is 32.0 Å². The third kappa shape index (κ3) is 4.97. The Morgan fingerprint density at radius 2 is 2.08 bits per heavy atom. The van der Waals surface area contributed by atoms with E-state index in [-0.39, 0.29) is 13.1 Å². The summed E-state index contributed by atoms with van der Waals surface area (Å²) in [6, 6.07) is 2.71. The van der Waals surface area contributed by atoms with Crippen LogP contribution in [-0.2, 0) is 0 Å². The Bertz CT molecular complexity index is 570. The van der Waals surface area contributed by atoms with Gasteiger partial charge in [-0.05, 0) is 12.5 Å². The number of halogens is 3. The van der Waals surface area contributed by atoms with Gasteiger partial charge in [0.25, 0.3) is 0 Å². The summed E-state index contributed by atoms with van der Waals surface area (Å²) in [6.07, 6.45) is -2.41. The first-order chi connectivity index (χ1) is 11.7. The van der Waals surface area contributed by atoms with E-state index in [0.29, 0.717) is 18.2 Å². The molecule has 0 radical (unpaired) electrons. The highest BCUT2D eigenvalue weighted by Crippen LogP contribution is 2.38. The number of pyridine rings is 1. The molecule has 2 amide bonds. The Balaban J connectivity index is 1.84. The molecule has 0 spiro atoms. The summed E-state index contributed by atoms with van der Waals surface area (Å²) in [5, 5.41) is 12.2. The highest BCUT2D eigenvalue weighted by atomic mass is 19.4. The Kier molecular flexibility index (Phi) is 6.10. The lowest BCUT2D eigenvalue weighted by Gasteiger charge is -2.38. The van der Waals surface area contributed by atoms with Crippen LogP contribution in [0.25, 0.3) is 0 Å². The van der Waals surface area contributed by atoms with Gasteiger partial charge in [-0.2, -0.15) is 13.2 Å². The average Bonchev–Trinajstić information content (AvgIpc) is 2.56. The number of rotatable bonds is 5. The maximum absolute atomic E-state index is 12.8. The van der Waals surface area contributed by atoms with Gasteiger partial charge in [0.15, 0.2) is 5.60 Å². The van der Waals surface area contributed by atoms with Crippen molar-refractivity contribution < 1.29 is 27.8 Å². The summed E-state index contributed by atoms with van der Waals surface area (Å²) in [4.78, 5) is 17.4. The Morgan fingerprint density at radius 3 is 2.60 bits per heavy atom. The number of carbonyl (C=O) groups excluding carboxylic acids is 1. The minimum atomic E-state index is -4.69. The van der Waals surface area contributed by atoms with Crippen LogP contribution in [0.3, 0.4) is 0 Å². The van der Waals surface area contributed by atoms with Crippen molar-refractivity contribution in [2.45, 2.75) is 44.4 Å². The van der Waals surface area contributed by atoms with Gasteiger partial charge in [-0.25, -0.2) is 9.78 Å². The SMILES string of the molecule is CCCCOc1ccc(NC(=O)N2CCC(O)(C(F)(F)F)CC2)cn1. The first-order valence-corrected chi connectivity index (χ1v) is 8.19. The van der Waals surface area contributed by atoms with E-state index in [9.17, 15) is 23.1 Å². The number of urea groups is 1. The number of ether oxygens (including phenoxy) is 1. The third-order valence-corrected chi connectivity index (χ3v) is 4.14. The molecule has 0 aromatic carbocycles. The lowest BCUT2D eigenvalue weighted by molar-refractivity contribution is -0.271. The number of piperidine rings is 1. The van der Waals surface area contributed by atoms with Gasteiger partial charge in [-0.3, -0.25) is 0 Å². The number of aliphatic hydroxyl groups is 1. The van der Waals surface area contributed by atoms with Gasteiger partial charge < -0.3 is 20.1 Å². The van der Waals surface area contributed by atoms with E-state index in [4.69, 9.17) is 4.74 Å². The van der Waals surface area contributed by atoms with Crippen molar-refractivity contribution in [2.75, 3.05) is 25.0 Å². The molecule has 0 aliphatic carbocycles. The van der Waals surface area contributed by atoms with Crippen LogP contribution >= 0.6 is 0 Å². The summed E-state index contributed by atoms with van der Waals surface area (Å²) in [5.74, 6) is 0.444. The number of amides is 2. The van der Waals surface area contributed by atoms with E-state index in [2.05, 4.69) is 10.3 Å². The van der Waals surface area contributed by atoms with Gasteiger partial charge in [0.2, 0.25) is 5.88 Å². The maximum atomic E-state index is 12.8. The van der Waals surface area contributed by atoms with Gasteiger partial charge in [0.1, 0.15) is 0 Å². The third-order valence-electron chi connectivity index (χ3n) is 4.14. The van der Waals surface area contributed by atoms with Crippen LogP contribution in [0.15, 0.2) is 18.3 Å². The monoisotopic (exact) mass is 361 g/mol. The number of carbonyl (C=O) groups is 1. The number of aromatic nitrogens is 1. The topological polar surface area (TPSA) is 74.7 Å². The van der Waals surface area contributed by atoms with E-state index in [1.54, 1.807) is 12.1 Å². The van der Waals surface area contributed by atoms with Gasteiger partial charge in [-0.1, -0.05) is 13.3 Å². The number of nitrogens with one attached hydrogen (secondary N) is 1. The van der Waals surface area contributed by atoms with Crippen LogP contribution in [-0.4, -0.2) is 52.5 Å². The summed E-state index contributed by atoms with van der Waals surface area (Å²) >= 11 is 0. The molecule has 6 nitrogen and oxygen atoms in total. The first kappa shape index (κ1) is 19.3. The summed E-state index contributed by atoms with van der Waals surface area (Å²) in [7, 11) is 0. The number of nitrogens with zero attached hydrogens (tertiary/aromatic N) is 2. The molecule has 0 atom stereocenters. The highest BCUT2D eigenvalue weighted by molar-refractivity contribution is 5.89. The minimum absolute atomic E-state index is 0.173. The molecule has 0 saturated carbocycles. The molecule has 1 aliphatic rings. The predicted octanol–water partition coefficient (Wildman–Crippen LogP) is 3.18. The standard InChI is InChI=1S/C16H22F3N3O3/c1-2-3-10-25-13-5-4-12(11-20-13)21-14(23)22-8-6-15(24,7-9-22)16(17,18)19/h4-5,11,24H,2-3,6-10H2,1H3,(H,21,23). The number of likely N-dealkylation sites (tertiary alicyclic amines) is 1. The van der Waals surface area contributed by atoms with Gasteiger partial charge in [-0.15, -0.1) is 0 Å². The molecule has 140 valence electrons. The zero-order valence-electron chi connectivity index (χ0n) is 14.0. The number of anilines is 1. The van der Waals surface area contributed by atoms with E-state index in [1.165, 1.54) is 11.1 Å². The van der Waals surface area contributed by atoms with Crippen LogP contribution in [0.1, 0.15) is 32.6 Å². The molecule has 2 N–H and O–H groups in total. The molecule has 1 aromatic heterocycles. The molecule has 25 heavy (non-hydrogen) atoms. The molecular weight excluding hydrogens is 339 g/mol. The molecule has 1 aromatic rings. The van der Waals surface area contributed by atoms with Crippen molar-refractivity contribution in [3.8, 4) is 5.88 Å². The Morgan fingerprint density at radius 1 is 1.40 bits per heavy atom. The second-order valence-electron chi connectivity index (χ2n) is 6.03. The van der Waals surface area contributed by atoms with Crippen molar-refractivity contribution in [2.24, 2.45) is 0 Å². The molecule has 0 unspecified atom stereocenters. The number of hydrogen-bond donors (Lipinski definition) is 2. The first-order valence-electron chi connectivity index (χ1n) is 8.19. The predicted molar refractivity (Wildman–Crippen MR) is 85.5 cm³/mol. The van der Waals surface area contributed by atoms with Gasteiger partial charge >= 0.3 is 12.2 Å². The maximum Gasteiger partial charge on any atom is 0.417 e. The largest absolute Gasteiger partial charge is 0.478 e. The molecule has 9 heteroatoms. The molecule has 2 heterocycles. The Hall–Kier alpha value is -2.03. The number of unbranched alkanes of at least 4 members (excludes halogenated alkanes) is 1. The second kappa shape index (κ2) is 7.90. The summed E-state index contributed by atoms with van der Waals surface area (Å²) < 4.78 is 43.7. The molecule has 0 bridgehead atoms. The minimum Gasteiger partial charge on any atom is -0.478 e. The van der Waals surface area contributed by atoms with Crippen LogP contribution in [0.2, 0.25) is 0 Å². The van der Waals surface area contributed by atoms with Crippen LogP contribution < -0.4 is 10.1 Å². The van der Waals surface area contributed by atoms with E-state index in [1.807, 2.05) is 6.92 Å². The number of hydrogen-bond acceptors (Lipinski definition) is 4. The molecule has 1 fully saturated rings. The van der Waals surface area contributed by atoms with Crippen molar-refractivity contribution in [3.05, 3.63) is 18.3 Å². The zero-order valence-corrected chi connectivity index (χ0v) is 14.0. The fraction of sp³-hybridized carbons (Fsp3) is 0.625. The Labute approximate surface area is 144 Å². The second-order valence-corrected chi connectivity index (χ2v) is 6.03. The van der Waals surface area contributed by atoms with Crippen molar-refractivity contribution in [1.29, 1.82) is 0 Å². The average molecular weight is 361 g/mol. The molecule has 1 aliphatic heterocycles. The fourth-order valence-corrected chi connectivity index (χ4v) is 2.43. The van der Waals surface area contributed by atoms with Crippen LogP contribution in [0.4, 0.5) is 23.7 Å². The van der Waals surface area contributed by atoms with E-state index in [0.717, 1.165) is 12.8 Å². The number of alkyl halides is 3. The normalized spacial score (nSPS) is 17.2. The highest BCUT2D eigenvalue weighted by Gasteiger charge is 2.54. The van der Waals surface area contributed by atoms with Crippen molar-refractivity contribution in [3.63, 3.8) is 0 Å². The molecular formula is C16H22F3N3O3.